The molecule has 7 heteroatoms. The molecule has 0 spiro atoms. The van der Waals surface area contributed by atoms with Crippen molar-refractivity contribution in [3.8, 4) is 11.4 Å². The predicted molar refractivity (Wildman–Crippen MR) is 60.0 cm³/mol. The van der Waals surface area contributed by atoms with Crippen molar-refractivity contribution in [3.05, 3.63) is 36.2 Å². The number of aromatic nitrogens is 2. The second kappa shape index (κ2) is 4.88. The summed E-state index contributed by atoms with van der Waals surface area (Å²) in [6.07, 6.45) is 2.74. The highest BCUT2D eigenvalue weighted by Crippen LogP contribution is 2.14. The van der Waals surface area contributed by atoms with Gasteiger partial charge in [0, 0.05) is 5.56 Å². The van der Waals surface area contributed by atoms with E-state index in [0.29, 0.717) is 5.82 Å². The van der Waals surface area contributed by atoms with Gasteiger partial charge in [-0.25, -0.2) is 10.2 Å². The number of nitrogens with one attached hydrogen (secondary N) is 1. The van der Waals surface area contributed by atoms with E-state index in [1.807, 2.05) is 12.1 Å². The van der Waals surface area contributed by atoms with Crippen LogP contribution in [0.15, 0.2) is 40.3 Å². The van der Waals surface area contributed by atoms with Crippen LogP contribution in [-0.4, -0.2) is 22.4 Å². The second-order valence-corrected chi connectivity index (χ2v) is 3.11. The Morgan fingerprint density at radius 1 is 1.41 bits per heavy atom. The quantitative estimate of drug-likeness (QED) is 0.600. The van der Waals surface area contributed by atoms with E-state index in [-0.39, 0.29) is 0 Å². The molecule has 2 rings (SSSR count). The number of rotatable bonds is 3. The number of nitrogens with zero attached hydrogens (tertiary/aromatic N) is 3. The van der Waals surface area contributed by atoms with E-state index < -0.39 is 6.03 Å². The number of hydrazone groups is 1. The van der Waals surface area contributed by atoms with Gasteiger partial charge >= 0.3 is 6.03 Å². The summed E-state index contributed by atoms with van der Waals surface area (Å²) in [5.41, 5.74) is 8.60. The molecule has 7 nitrogen and oxygen atoms in total. The monoisotopic (exact) mass is 231 g/mol. The van der Waals surface area contributed by atoms with Gasteiger partial charge in [0.25, 0.3) is 0 Å². The van der Waals surface area contributed by atoms with Crippen LogP contribution >= 0.6 is 0 Å². The van der Waals surface area contributed by atoms with Gasteiger partial charge in [-0.05, 0) is 5.56 Å². The Hall–Kier alpha value is -2.70. The lowest BCUT2D eigenvalue weighted by atomic mass is 10.1. The van der Waals surface area contributed by atoms with Crippen LogP contribution < -0.4 is 11.2 Å². The van der Waals surface area contributed by atoms with Crippen LogP contribution in [0.3, 0.4) is 0 Å². The van der Waals surface area contributed by atoms with E-state index in [1.165, 1.54) is 12.6 Å². The molecule has 2 aromatic rings. The third-order valence-corrected chi connectivity index (χ3v) is 1.92. The molecule has 3 N–H and O–H groups in total. The van der Waals surface area contributed by atoms with Gasteiger partial charge in [0.1, 0.15) is 0 Å². The number of amides is 2. The van der Waals surface area contributed by atoms with Crippen LogP contribution in [0.2, 0.25) is 0 Å². The molecule has 0 aliphatic carbocycles. The molecule has 2 amide bonds. The van der Waals surface area contributed by atoms with Gasteiger partial charge in [-0.1, -0.05) is 29.4 Å². The topological polar surface area (TPSA) is 106 Å². The molecular weight excluding hydrogens is 222 g/mol. The first-order valence-electron chi connectivity index (χ1n) is 4.71. The summed E-state index contributed by atoms with van der Waals surface area (Å²) < 4.78 is 4.64. The molecule has 17 heavy (non-hydrogen) atoms. The van der Waals surface area contributed by atoms with Crippen molar-refractivity contribution in [1.29, 1.82) is 0 Å². The first-order valence-corrected chi connectivity index (χ1v) is 4.71. The third kappa shape index (κ3) is 2.88. The van der Waals surface area contributed by atoms with E-state index in [0.717, 1.165) is 11.1 Å². The standard InChI is InChI=1S/C10H9N5O2/c11-10(16)14-13-5-7-1-3-8(4-2-7)9-12-6-17-15-9/h1-6H,(H3,11,14,16). The zero-order chi connectivity index (χ0) is 12.1. The molecule has 0 unspecified atom stereocenters. The molecule has 0 radical (unpaired) electrons. The summed E-state index contributed by atoms with van der Waals surface area (Å²) in [5.74, 6) is 0.517. The molecule has 0 aliphatic heterocycles. The van der Waals surface area contributed by atoms with Crippen molar-refractivity contribution < 1.29 is 9.32 Å². The molecule has 0 bridgehead atoms. The van der Waals surface area contributed by atoms with Crippen LogP contribution in [0.5, 0.6) is 0 Å². The fraction of sp³-hybridized carbons (Fsp3) is 0. The SMILES string of the molecule is NC(=O)NN=Cc1ccc(-c2ncon2)cc1. The van der Waals surface area contributed by atoms with Crippen molar-refractivity contribution in [2.45, 2.75) is 0 Å². The zero-order valence-electron chi connectivity index (χ0n) is 8.70. The van der Waals surface area contributed by atoms with Crippen molar-refractivity contribution in [2.24, 2.45) is 10.8 Å². The Bertz CT molecular complexity index is 518. The molecular formula is C10H9N5O2. The van der Waals surface area contributed by atoms with Gasteiger partial charge < -0.3 is 10.3 Å². The fourth-order valence-electron chi connectivity index (χ4n) is 1.19. The largest absolute Gasteiger partial charge is 0.350 e. The molecule has 0 aliphatic rings. The fourth-order valence-corrected chi connectivity index (χ4v) is 1.19. The molecule has 0 saturated heterocycles. The maximum atomic E-state index is 10.4. The van der Waals surface area contributed by atoms with E-state index in [2.05, 4.69) is 25.2 Å². The average Bonchev–Trinajstić information content (AvgIpc) is 2.83. The van der Waals surface area contributed by atoms with Crippen molar-refractivity contribution in [1.82, 2.24) is 15.6 Å². The minimum absolute atomic E-state index is 0.517. The zero-order valence-corrected chi connectivity index (χ0v) is 8.70. The number of primary amides is 1. The summed E-state index contributed by atoms with van der Waals surface area (Å²) in [6, 6.07) is 6.53. The highest BCUT2D eigenvalue weighted by molar-refractivity contribution is 5.82. The predicted octanol–water partition coefficient (Wildman–Crippen LogP) is 0.739. The molecule has 1 aromatic heterocycles. The number of carbonyl (C=O) groups is 1. The lowest BCUT2D eigenvalue weighted by molar-refractivity contribution is 0.249. The highest BCUT2D eigenvalue weighted by Gasteiger charge is 2.01. The van der Waals surface area contributed by atoms with Crippen LogP contribution in [0.1, 0.15) is 5.56 Å². The Kier molecular flexibility index (Phi) is 3.10. The minimum atomic E-state index is -0.704. The van der Waals surface area contributed by atoms with Crippen molar-refractivity contribution in [2.75, 3.05) is 0 Å². The smallest absolute Gasteiger partial charge is 0.332 e. The molecule has 0 atom stereocenters. The molecule has 0 saturated carbocycles. The van der Waals surface area contributed by atoms with Gasteiger partial charge in [-0.3, -0.25) is 0 Å². The Balaban J connectivity index is 2.08. The van der Waals surface area contributed by atoms with Gasteiger partial charge in [0.2, 0.25) is 12.2 Å². The Morgan fingerprint density at radius 3 is 2.76 bits per heavy atom. The summed E-state index contributed by atoms with van der Waals surface area (Å²) in [6.45, 7) is 0. The minimum Gasteiger partial charge on any atom is -0.350 e. The number of benzene rings is 1. The van der Waals surface area contributed by atoms with E-state index in [1.54, 1.807) is 12.1 Å². The van der Waals surface area contributed by atoms with Gasteiger partial charge in [-0.2, -0.15) is 10.1 Å². The maximum absolute atomic E-state index is 10.4. The number of nitrogens with two attached hydrogens (primary N) is 1. The summed E-state index contributed by atoms with van der Waals surface area (Å²) in [7, 11) is 0. The first kappa shape index (κ1) is 10.8. The van der Waals surface area contributed by atoms with Crippen LogP contribution in [-0.2, 0) is 0 Å². The first-order chi connectivity index (χ1) is 8.25. The van der Waals surface area contributed by atoms with Crippen molar-refractivity contribution >= 4 is 12.2 Å². The number of urea groups is 1. The second-order valence-electron chi connectivity index (χ2n) is 3.11. The number of hydrogen-bond acceptors (Lipinski definition) is 5. The molecule has 86 valence electrons. The lowest BCUT2D eigenvalue weighted by Crippen LogP contribution is -2.24. The van der Waals surface area contributed by atoms with E-state index >= 15 is 0 Å². The number of carbonyl (C=O) groups excluding carboxylic acids is 1. The molecule has 0 fully saturated rings. The van der Waals surface area contributed by atoms with E-state index in [4.69, 9.17) is 5.73 Å². The van der Waals surface area contributed by atoms with Gasteiger partial charge in [-0.15, -0.1) is 0 Å². The Morgan fingerprint density at radius 2 is 2.18 bits per heavy atom. The Labute approximate surface area is 96.3 Å². The van der Waals surface area contributed by atoms with Crippen LogP contribution in [0.25, 0.3) is 11.4 Å². The van der Waals surface area contributed by atoms with Crippen molar-refractivity contribution in [3.63, 3.8) is 0 Å². The number of hydrogen-bond donors (Lipinski definition) is 2. The normalized spacial score (nSPS) is 10.6. The molecule has 1 aromatic carbocycles. The summed E-state index contributed by atoms with van der Waals surface area (Å²) in [4.78, 5) is 14.3. The average molecular weight is 231 g/mol. The highest BCUT2D eigenvalue weighted by atomic mass is 16.5. The van der Waals surface area contributed by atoms with Crippen LogP contribution in [0.4, 0.5) is 4.79 Å². The maximum Gasteiger partial charge on any atom is 0.332 e. The summed E-state index contributed by atoms with van der Waals surface area (Å²) >= 11 is 0. The van der Waals surface area contributed by atoms with E-state index in [9.17, 15) is 4.79 Å². The lowest BCUT2D eigenvalue weighted by Gasteiger charge is -1.96. The van der Waals surface area contributed by atoms with Gasteiger partial charge in [0.05, 0.1) is 6.21 Å². The van der Waals surface area contributed by atoms with Crippen LogP contribution in [0, 0.1) is 0 Å². The molecule has 1 heterocycles. The third-order valence-electron chi connectivity index (χ3n) is 1.92. The summed E-state index contributed by atoms with van der Waals surface area (Å²) in [5, 5.41) is 7.34. The van der Waals surface area contributed by atoms with Gasteiger partial charge in [0.15, 0.2) is 0 Å².